The molecule has 1 N–H and O–H groups in total. The summed E-state index contributed by atoms with van der Waals surface area (Å²) in [7, 11) is 0. The third kappa shape index (κ3) is 7.91. The lowest BCUT2D eigenvalue weighted by Gasteiger charge is -2.44. The molecule has 0 unspecified atom stereocenters. The van der Waals surface area contributed by atoms with Gasteiger partial charge in [-0.2, -0.15) is 0 Å². The zero-order valence-corrected chi connectivity index (χ0v) is 31.4. The lowest BCUT2D eigenvalue weighted by atomic mass is 9.12. The molecule has 5 aromatic rings. The molecule has 22 heteroatoms. The number of hydrogen-bond donors (Lipinski definition) is 1. The van der Waals surface area contributed by atoms with E-state index in [2.05, 4.69) is 45.9 Å². The normalized spacial score (nSPS) is 11.8. The number of nitrogens with one attached hydrogen (secondary N) is 1. The number of benzene rings is 5. The predicted octanol–water partition coefficient (Wildman–Crippen LogP) is 8.08. The smallest absolute Gasteiger partial charge is 0.200 e. The molecule has 0 aliphatic carbocycles. The summed E-state index contributed by atoms with van der Waals surface area (Å²) in [4.78, 5) is 1.66. The molecule has 5 rings (SSSR count). The minimum atomic E-state index is -7.22. The quantitative estimate of drug-likeness (QED) is 0.0627. The van der Waals surface area contributed by atoms with Gasteiger partial charge in [0.25, 0.3) is 0 Å². The Kier molecular flexibility index (Phi) is 14.6. The molecule has 0 aliphatic heterocycles. The standard InChI is InChI=1S/C24BF20.C15H25N/c26-5-1(6(27)14(35)21(42)13(5)34)25(2-7(28)15(36)22(43)16(37)8(2)29,3-9(30)17(38)23(44)18(39)10(3)31)4-11(32)19(40)24(45)20(41)12(4)33;1-5-13-9-14(6-2)11-15(10-13)12-16(7-3)8-4/h;9-11H,5-8,12H2,1-4H3/q-1;/p+1. The summed E-state index contributed by atoms with van der Waals surface area (Å²) < 4.78 is 294. The van der Waals surface area contributed by atoms with Gasteiger partial charge in [-0.25, -0.2) is 87.8 Å². The summed E-state index contributed by atoms with van der Waals surface area (Å²) in [6.45, 7) is 12.6. The Morgan fingerprint density at radius 3 is 0.656 bits per heavy atom. The first kappa shape index (κ1) is 48.4. The van der Waals surface area contributed by atoms with Gasteiger partial charge in [-0.05, 0) is 37.8 Å². The Labute approximate surface area is 332 Å². The third-order valence-electron chi connectivity index (χ3n) is 10.1. The fourth-order valence-corrected chi connectivity index (χ4v) is 7.01. The fraction of sp³-hybridized carbons (Fsp3) is 0.231. The Hall–Kier alpha value is -5.28. The van der Waals surface area contributed by atoms with E-state index in [1.165, 1.54) is 36.3 Å². The molecule has 0 heterocycles. The van der Waals surface area contributed by atoms with Crippen LogP contribution in [0.25, 0.3) is 0 Å². The second-order valence-corrected chi connectivity index (χ2v) is 13.3. The largest absolute Gasteiger partial charge is 0.332 e. The van der Waals surface area contributed by atoms with Crippen molar-refractivity contribution in [2.75, 3.05) is 13.1 Å². The van der Waals surface area contributed by atoms with Gasteiger partial charge in [0.15, 0.2) is 69.8 Å². The fourth-order valence-electron chi connectivity index (χ4n) is 7.01. The summed E-state index contributed by atoms with van der Waals surface area (Å²) in [5.41, 5.74) is -9.85. The van der Waals surface area contributed by atoms with Crippen LogP contribution in [0.5, 0.6) is 0 Å². The van der Waals surface area contributed by atoms with Gasteiger partial charge in [0.1, 0.15) is 59.2 Å². The van der Waals surface area contributed by atoms with Gasteiger partial charge in [-0.15, -0.1) is 21.9 Å². The topological polar surface area (TPSA) is 4.44 Å². The molecule has 0 spiro atoms. The average molecular weight is 899 g/mol. The Morgan fingerprint density at radius 1 is 0.295 bits per heavy atom. The number of halogens is 20. The highest BCUT2D eigenvalue weighted by Crippen LogP contribution is 2.30. The van der Waals surface area contributed by atoms with Gasteiger partial charge in [0, 0.05) is 5.56 Å². The van der Waals surface area contributed by atoms with E-state index < -0.39 is 144 Å². The summed E-state index contributed by atoms with van der Waals surface area (Å²) in [5.74, 6) is -71.4. The molecule has 5 aromatic carbocycles. The highest BCUT2D eigenvalue weighted by molar-refractivity contribution is 7.20. The molecule has 0 saturated heterocycles. The van der Waals surface area contributed by atoms with Crippen LogP contribution >= 0.6 is 0 Å². The van der Waals surface area contributed by atoms with Gasteiger partial charge in [0.2, 0.25) is 0 Å². The third-order valence-corrected chi connectivity index (χ3v) is 10.1. The van der Waals surface area contributed by atoms with Gasteiger partial charge < -0.3 is 4.90 Å². The van der Waals surface area contributed by atoms with Crippen LogP contribution in [0, 0.1) is 116 Å². The van der Waals surface area contributed by atoms with Crippen LogP contribution in [0.15, 0.2) is 18.2 Å². The van der Waals surface area contributed by atoms with Crippen molar-refractivity contribution < 1.29 is 92.7 Å². The van der Waals surface area contributed by atoms with Crippen LogP contribution in [0.4, 0.5) is 87.8 Å². The molecule has 61 heavy (non-hydrogen) atoms. The summed E-state index contributed by atoms with van der Waals surface area (Å²) >= 11 is 0. The number of hydrogen-bond acceptors (Lipinski definition) is 0. The van der Waals surface area contributed by atoms with E-state index in [9.17, 15) is 52.7 Å². The van der Waals surface area contributed by atoms with Crippen LogP contribution < -0.4 is 26.8 Å². The summed E-state index contributed by atoms with van der Waals surface area (Å²) in [6.07, 6.45) is -4.92. The molecule has 0 saturated carbocycles. The van der Waals surface area contributed by atoms with E-state index in [1.54, 1.807) is 4.90 Å². The van der Waals surface area contributed by atoms with E-state index in [4.69, 9.17) is 0 Å². The number of rotatable bonds is 10. The molecular weight excluding hydrogens is 873 g/mol. The van der Waals surface area contributed by atoms with Crippen LogP contribution in [0.3, 0.4) is 0 Å². The zero-order chi connectivity index (χ0) is 46.3. The maximum atomic E-state index is 15.4. The van der Waals surface area contributed by atoms with Crippen LogP contribution in [-0.4, -0.2) is 19.2 Å². The van der Waals surface area contributed by atoms with E-state index in [0.717, 1.165) is 12.8 Å². The monoisotopic (exact) mass is 899 g/mol. The van der Waals surface area contributed by atoms with Crippen molar-refractivity contribution in [3.05, 3.63) is 151 Å². The molecule has 0 bridgehead atoms. The van der Waals surface area contributed by atoms with Crippen molar-refractivity contribution in [2.45, 2.75) is 47.1 Å². The first-order chi connectivity index (χ1) is 28.4. The Morgan fingerprint density at radius 2 is 0.475 bits per heavy atom. The molecule has 330 valence electrons. The first-order valence-corrected chi connectivity index (χ1v) is 17.6. The predicted molar refractivity (Wildman–Crippen MR) is 180 cm³/mol. The maximum absolute atomic E-state index is 15.4. The van der Waals surface area contributed by atoms with Crippen molar-refractivity contribution in [3.8, 4) is 0 Å². The zero-order valence-electron chi connectivity index (χ0n) is 31.4. The van der Waals surface area contributed by atoms with Crippen molar-refractivity contribution in [3.63, 3.8) is 0 Å². The van der Waals surface area contributed by atoms with Crippen molar-refractivity contribution >= 4 is 28.0 Å². The van der Waals surface area contributed by atoms with Crippen LogP contribution in [-0.2, 0) is 19.4 Å². The van der Waals surface area contributed by atoms with Crippen molar-refractivity contribution in [1.82, 2.24) is 0 Å². The number of aryl methyl sites for hydroxylation is 2. The van der Waals surface area contributed by atoms with Crippen molar-refractivity contribution in [1.29, 1.82) is 0 Å². The van der Waals surface area contributed by atoms with Crippen LogP contribution in [0.1, 0.15) is 44.4 Å². The highest BCUT2D eigenvalue weighted by atomic mass is 19.2. The molecule has 1 nitrogen and oxygen atoms in total. The number of quaternary nitrogens is 1. The van der Waals surface area contributed by atoms with E-state index in [0.29, 0.717) is 0 Å². The molecule has 0 radical (unpaired) electrons. The minimum Gasteiger partial charge on any atom is -0.332 e. The second-order valence-electron chi connectivity index (χ2n) is 13.3. The van der Waals surface area contributed by atoms with Gasteiger partial charge in [-0.3, -0.25) is 0 Å². The van der Waals surface area contributed by atoms with Gasteiger partial charge >= 0.3 is 0 Å². The van der Waals surface area contributed by atoms with Gasteiger partial charge in [0.05, 0.1) is 13.1 Å². The lowest BCUT2D eigenvalue weighted by molar-refractivity contribution is -0.910. The summed E-state index contributed by atoms with van der Waals surface area (Å²) in [5, 5.41) is 0. The summed E-state index contributed by atoms with van der Waals surface area (Å²) in [6, 6.07) is 7.11. The Bertz CT molecular complexity index is 2120. The average Bonchev–Trinajstić information content (AvgIpc) is 3.25. The molecule has 0 amide bonds. The maximum Gasteiger partial charge on any atom is 0.200 e. The molecule has 0 aromatic heterocycles. The molecule has 0 aliphatic rings. The van der Waals surface area contributed by atoms with E-state index in [-0.39, 0.29) is 0 Å². The molecule has 0 atom stereocenters. The highest BCUT2D eigenvalue weighted by Gasteiger charge is 2.52. The minimum absolute atomic E-state index is 1.15. The SMILES string of the molecule is CCc1cc(CC)cc(C[NH+](CC)CC)c1.Fc1c(F)c(F)c([B-](c2c(F)c(F)c(F)c(F)c2F)(c2c(F)c(F)c(F)c(F)c2F)c2c(F)c(F)c(F)c(F)c2F)c(F)c1F. The molecule has 0 fully saturated rings. The Balaban J connectivity index is 0.000000430. The van der Waals surface area contributed by atoms with Crippen molar-refractivity contribution in [2.24, 2.45) is 0 Å². The first-order valence-electron chi connectivity index (χ1n) is 17.6. The van der Waals surface area contributed by atoms with E-state index in [1.807, 2.05) is 0 Å². The van der Waals surface area contributed by atoms with Gasteiger partial charge in [-0.1, -0.05) is 32.0 Å². The lowest BCUT2D eigenvalue weighted by Crippen LogP contribution is -3.10. The second kappa shape index (κ2) is 18.4. The van der Waals surface area contributed by atoms with Crippen LogP contribution in [0.2, 0.25) is 0 Å². The molecular formula is C39H26BF20N. The van der Waals surface area contributed by atoms with E-state index >= 15 is 35.1 Å².